The van der Waals surface area contributed by atoms with E-state index in [9.17, 15) is 15.3 Å². The van der Waals surface area contributed by atoms with Gasteiger partial charge in [0.25, 0.3) is 5.91 Å². The lowest BCUT2D eigenvalue weighted by Crippen LogP contribution is -2.49. The highest BCUT2D eigenvalue weighted by Gasteiger charge is 2.26. The maximum atomic E-state index is 13.9. The van der Waals surface area contributed by atoms with Crippen LogP contribution in [0.4, 0.5) is 11.4 Å². The molecular formula is C33H33N7O. The van der Waals surface area contributed by atoms with Crippen molar-refractivity contribution < 1.29 is 4.79 Å². The number of fused-ring (bicyclic) bond motifs is 1. The number of nitrogens with zero attached hydrogens (tertiary/aromatic N) is 7. The van der Waals surface area contributed by atoms with E-state index < -0.39 is 0 Å². The Morgan fingerprint density at radius 1 is 0.756 bits per heavy atom. The van der Waals surface area contributed by atoms with Gasteiger partial charge in [-0.25, -0.2) is 0 Å². The fourth-order valence-electron chi connectivity index (χ4n) is 6.17. The summed E-state index contributed by atoms with van der Waals surface area (Å²) in [5, 5.41) is 20.1. The van der Waals surface area contributed by atoms with Crippen LogP contribution < -0.4 is 9.80 Å². The lowest BCUT2D eigenvalue weighted by atomic mass is 10.0. The minimum absolute atomic E-state index is 0.0600. The molecule has 4 aromatic rings. The molecule has 41 heavy (non-hydrogen) atoms. The van der Waals surface area contributed by atoms with Crippen LogP contribution in [0.25, 0.3) is 10.9 Å². The summed E-state index contributed by atoms with van der Waals surface area (Å²) in [5.41, 5.74) is 6.18. The molecule has 8 heteroatoms. The second kappa shape index (κ2) is 11.4. The van der Waals surface area contributed by atoms with Crippen LogP contribution in [-0.2, 0) is 13.6 Å². The van der Waals surface area contributed by atoms with Crippen molar-refractivity contribution in [2.24, 2.45) is 7.05 Å². The Morgan fingerprint density at radius 3 is 1.90 bits per heavy atom. The fourth-order valence-corrected chi connectivity index (χ4v) is 6.17. The summed E-state index contributed by atoms with van der Waals surface area (Å²) >= 11 is 0. The quantitative estimate of drug-likeness (QED) is 0.375. The first-order chi connectivity index (χ1) is 20.1. The number of nitriles is 2. The number of aryl methyl sites for hydroxylation is 1. The monoisotopic (exact) mass is 543 g/mol. The van der Waals surface area contributed by atoms with Crippen LogP contribution in [0.15, 0.2) is 72.9 Å². The van der Waals surface area contributed by atoms with Gasteiger partial charge < -0.3 is 19.3 Å². The predicted molar refractivity (Wildman–Crippen MR) is 161 cm³/mol. The van der Waals surface area contributed by atoms with Crippen LogP contribution in [-0.4, -0.2) is 72.6 Å². The van der Waals surface area contributed by atoms with Gasteiger partial charge >= 0.3 is 0 Å². The Morgan fingerprint density at radius 2 is 1.32 bits per heavy atom. The van der Waals surface area contributed by atoms with Gasteiger partial charge in [-0.15, -0.1) is 0 Å². The van der Waals surface area contributed by atoms with Crippen LogP contribution in [0.1, 0.15) is 27.0 Å². The number of carbonyl (C=O) groups is 1. The first-order valence-corrected chi connectivity index (χ1v) is 14.1. The molecule has 2 fully saturated rings. The number of aromatic nitrogens is 1. The third-order valence-electron chi connectivity index (χ3n) is 8.34. The van der Waals surface area contributed by atoms with E-state index in [0.717, 1.165) is 66.1 Å². The van der Waals surface area contributed by atoms with Gasteiger partial charge in [-0.05, 0) is 48.0 Å². The number of hydrogen-bond acceptors (Lipinski definition) is 6. The van der Waals surface area contributed by atoms with Gasteiger partial charge in [0, 0.05) is 77.5 Å². The smallest absolute Gasteiger partial charge is 0.256 e. The molecule has 0 spiro atoms. The first-order valence-electron chi connectivity index (χ1n) is 14.1. The van der Waals surface area contributed by atoms with Gasteiger partial charge in [-0.3, -0.25) is 9.69 Å². The molecule has 8 nitrogen and oxygen atoms in total. The molecule has 3 heterocycles. The zero-order valence-electron chi connectivity index (χ0n) is 23.3. The molecule has 3 aromatic carbocycles. The molecule has 2 saturated heterocycles. The van der Waals surface area contributed by atoms with Crippen molar-refractivity contribution in [1.82, 2.24) is 14.4 Å². The SMILES string of the molecule is Cn1ccc2cc(CN3CCN(c4ccccc4C#N)CC3)cc(C(=O)N3CCN(c4ccccc4C#N)CC3)c21. The lowest BCUT2D eigenvalue weighted by Gasteiger charge is -2.37. The molecule has 2 aliphatic heterocycles. The van der Waals surface area contributed by atoms with Crippen LogP contribution in [0.3, 0.4) is 0 Å². The fraction of sp³-hybridized carbons (Fsp3) is 0.303. The molecule has 0 bridgehead atoms. The number of para-hydroxylation sites is 2. The zero-order chi connectivity index (χ0) is 28.3. The van der Waals surface area contributed by atoms with Crippen molar-refractivity contribution in [1.29, 1.82) is 10.5 Å². The molecule has 2 aliphatic rings. The Balaban J connectivity index is 1.16. The van der Waals surface area contributed by atoms with E-state index in [1.165, 1.54) is 0 Å². The van der Waals surface area contributed by atoms with E-state index in [2.05, 4.69) is 45.0 Å². The number of carbonyl (C=O) groups excluding carboxylic acids is 1. The average molecular weight is 544 g/mol. The van der Waals surface area contributed by atoms with Gasteiger partial charge in [0.2, 0.25) is 0 Å². The van der Waals surface area contributed by atoms with Gasteiger partial charge in [-0.2, -0.15) is 10.5 Å². The molecule has 0 N–H and O–H groups in total. The minimum atomic E-state index is 0.0600. The summed E-state index contributed by atoms with van der Waals surface area (Å²) in [7, 11) is 1.99. The van der Waals surface area contributed by atoms with Crippen LogP contribution >= 0.6 is 0 Å². The average Bonchev–Trinajstić information content (AvgIpc) is 3.41. The molecular weight excluding hydrogens is 510 g/mol. The highest BCUT2D eigenvalue weighted by Crippen LogP contribution is 2.27. The normalized spacial score (nSPS) is 16.0. The molecule has 0 radical (unpaired) electrons. The molecule has 0 unspecified atom stereocenters. The summed E-state index contributed by atoms with van der Waals surface area (Å²) in [6, 6.07) is 26.4. The van der Waals surface area contributed by atoms with Crippen molar-refractivity contribution in [2.75, 3.05) is 62.2 Å². The highest BCUT2D eigenvalue weighted by molar-refractivity contribution is 6.06. The largest absolute Gasteiger partial charge is 0.368 e. The number of benzene rings is 3. The van der Waals surface area contributed by atoms with E-state index in [-0.39, 0.29) is 5.91 Å². The number of piperazine rings is 2. The summed E-state index contributed by atoms with van der Waals surface area (Å²) in [6.07, 6.45) is 2.02. The zero-order valence-corrected chi connectivity index (χ0v) is 23.3. The number of anilines is 2. The maximum absolute atomic E-state index is 13.9. The van der Waals surface area contributed by atoms with Gasteiger partial charge in [0.05, 0.1) is 33.6 Å². The van der Waals surface area contributed by atoms with E-state index in [4.69, 9.17) is 0 Å². The van der Waals surface area contributed by atoms with E-state index in [1.54, 1.807) is 0 Å². The van der Waals surface area contributed by atoms with Crippen LogP contribution in [0.2, 0.25) is 0 Å². The molecule has 206 valence electrons. The third-order valence-corrected chi connectivity index (χ3v) is 8.34. The van der Waals surface area contributed by atoms with Crippen LogP contribution in [0.5, 0.6) is 0 Å². The minimum Gasteiger partial charge on any atom is -0.368 e. The van der Waals surface area contributed by atoms with Gasteiger partial charge in [0.1, 0.15) is 12.1 Å². The maximum Gasteiger partial charge on any atom is 0.256 e. The first kappa shape index (κ1) is 26.4. The van der Waals surface area contributed by atoms with E-state index in [1.807, 2.05) is 71.2 Å². The molecule has 1 amide bonds. The number of rotatable bonds is 5. The van der Waals surface area contributed by atoms with E-state index in [0.29, 0.717) is 37.3 Å². The Labute approximate surface area is 240 Å². The summed E-state index contributed by atoms with van der Waals surface area (Å²) in [4.78, 5) is 22.8. The molecule has 1 aromatic heterocycles. The molecule has 6 rings (SSSR count). The standard InChI is InChI=1S/C33H33N7O/c1-36-11-10-26-20-25(24-37-12-14-38(15-13-37)30-8-4-2-6-27(30)22-34)21-29(32(26)36)33(41)40-18-16-39(17-19-40)31-9-5-3-7-28(31)23-35/h2-11,20-21H,12-19,24H2,1H3. The Bertz CT molecular complexity index is 1660. The Kier molecular flexibility index (Phi) is 7.33. The lowest BCUT2D eigenvalue weighted by molar-refractivity contribution is 0.0748. The van der Waals surface area contributed by atoms with Crippen molar-refractivity contribution in [2.45, 2.75) is 6.54 Å². The van der Waals surface area contributed by atoms with Gasteiger partial charge in [-0.1, -0.05) is 24.3 Å². The summed E-state index contributed by atoms with van der Waals surface area (Å²) in [6.45, 7) is 6.89. The second-order valence-electron chi connectivity index (χ2n) is 10.8. The van der Waals surface area contributed by atoms with E-state index >= 15 is 0 Å². The summed E-state index contributed by atoms with van der Waals surface area (Å²) < 4.78 is 2.04. The third kappa shape index (κ3) is 5.23. The van der Waals surface area contributed by atoms with Crippen LogP contribution in [0, 0.1) is 22.7 Å². The summed E-state index contributed by atoms with van der Waals surface area (Å²) in [5.74, 6) is 0.0600. The topological polar surface area (TPSA) is 82.5 Å². The van der Waals surface area contributed by atoms with Crippen molar-refractivity contribution in [3.8, 4) is 12.1 Å². The van der Waals surface area contributed by atoms with Crippen molar-refractivity contribution in [3.05, 3.63) is 95.2 Å². The Hall–Kier alpha value is -4.79. The highest BCUT2D eigenvalue weighted by atomic mass is 16.2. The molecule has 0 saturated carbocycles. The second-order valence-corrected chi connectivity index (χ2v) is 10.8. The molecule has 0 aliphatic carbocycles. The number of hydrogen-bond donors (Lipinski definition) is 0. The van der Waals surface area contributed by atoms with Crippen molar-refractivity contribution in [3.63, 3.8) is 0 Å². The van der Waals surface area contributed by atoms with Gasteiger partial charge in [0.15, 0.2) is 0 Å². The molecule has 0 atom stereocenters. The van der Waals surface area contributed by atoms with Crippen molar-refractivity contribution >= 4 is 28.2 Å². The predicted octanol–water partition coefficient (Wildman–Crippen LogP) is 4.21. The number of amides is 1.